The molecular weight excluding hydrogens is 80.0 g/mol. The molecule has 1 N–H and O–H groups in total. The molecule has 0 atom stereocenters. The van der Waals surface area contributed by atoms with Gasteiger partial charge < -0.3 is 9.84 Å². The lowest BCUT2D eigenvalue weighted by Crippen LogP contribution is -2.27. The molecule has 1 saturated heterocycles. The summed E-state index contributed by atoms with van der Waals surface area (Å²) in [6, 6.07) is 0. The Morgan fingerprint density at radius 2 is 2.33 bits per heavy atom. The summed E-state index contributed by atoms with van der Waals surface area (Å²) >= 11 is 0. The molecule has 0 bridgehead atoms. The number of aliphatic hydroxyl groups is 1. The van der Waals surface area contributed by atoms with Gasteiger partial charge in [0.05, 0.1) is 25.7 Å². The molecule has 1 fully saturated rings. The van der Waals surface area contributed by atoms with E-state index in [9.17, 15) is 0 Å². The van der Waals surface area contributed by atoms with Crippen molar-refractivity contribution in [1.82, 2.24) is 0 Å². The van der Waals surface area contributed by atoms with Gasteiger partial charge in [0.15, 0.2) is 0 Å². The molecule has 1 rings (SSSR count). The third-order valence-electron chi connectivity index (χ3n) is 0.836. The zero-order chi connectivity index (χ0) is 4.41. The van der Waals surface area contributed by atoms with Crippen molar-refractivity contribution in [3.8, 4) is 0 Å². The fourth-order valence-electron chi connectivity index (χ4n) is 0.338. The van der Waals surface area contributed by atoms with Crippen LogP contribution in [0.1, 0.15) is 0 Å². The van der Waals surface area contributed by atoms with Crippen LogP contribution in [-0.4, -0.2) is 24.9 Å². The van der Waals surface area contributed by atoms with Crippen LogP contribution in [0.15, 0.2) is 0 Å². The largest absolute Gasteiger partial charge is 0.396 e. The van der Waals surface area contributed by atoms with E-state index in [-0.39, 0.29) is 6.61 Å². The quantitative estimate of drug-likeness (QED) is 0.471. The van der Waals surface area contributed by atoms with Crippen LogP contribution < -0.4 is 0 Å². The molecule has 1 aliphatic rings. The Hall–Kier alpha value is -0.0800. The lowest BCUT2D eigenvalue weighted by molar-refractivity contribution is 0.0413. The number of hydrogen-bond donors (Lipinski definition) is 1. The van der Waals surface area contributed by atoms with Crippen molar-refractivity contribution >= 4 is 0 Å². The lowest BCUT2D eigenvalue weighted by Gasteiger charge is -2.22. The molecule has 35 valence electrons. The molecule has 0 spiro atoms. The number of ether oxygens (including phenoxy) is 1. The van der Waals surface area contributed by atoms with Crippen LogP contribution in [0.5, 0.6) is 0 Å². The van der Waals surface area contributed by atoms with Gasteiger partial charge in [-0.05, 0) is 0 Å². The average Bonchev–Trinajstić information content (AvgIpc) is 1.31. The van der Waals surface area contributed by atoms with E-state index in [4.69, 9.17) is 9.84 Å². The predicted molar refractivity (Wildman–Crippen MR) is 21.1 cm³/mol. The van der Waals surface area contributed by atoms with Gasteiger partial charge in [-0.3, -0.25) is 0 Å². The molecule has 0 aromatic heterocycles. The molecule has 0 aromatic carbocycles. The van der Waals surface area contributed by atoms with E-state index < -0.39 is 0 Å². The number of rotatable bonds is 1. The summed E-state index contributed by atoms with van der Waals surface area (Å²) < 4.78 is 4.73. The normalized spacial score (nSPS) is 23.5. The SMILES string of the molecule is OC[C]1COC1. The van der Waals surface area contributed by atoms with Crippen LogP contribution >= 0.6 is 0 Å². The van der Waals surface area contributed by atoms with Crippen molar-refractivity contribution in [2.45, 2.75) is 0 Å². The Balaban J connectivity index is 2.01. The second-order valence-electron chi connectivity index (χ2n) is 1.40. The van der Waals surface area contributed by atoms with E-state index in [1.165, 1.54) is 0 Å². The van der Waals surface area contributed by atoms with Crippen LogP contribution in [0, 0.1) is 5.92 Å². The van der Waals surface area contributed by atoms with Gasteiger partial charge in [0, 0.05) is 0 Å². The van der Waals surface area contributed by atoms with Crippen molar-refractivity contribution in [3.63, 3.8) is 0 Å². The van der Waals surface area contributed by atoms with E-state index in [2.05, 4.69) is 0 Å². The van der Waals surface area contributed by atoms with Gasteiger partial charge in [-0.1, -0.05) is 0 Å². The summed E-state index contributed by atoms with van der Waals surface area (Å²) in [7, 11) is 0. The fraction of sp³-hybridized carbons (Fsp3) is 0.750. The van der Waals surface area contributed by atoms with Crippen molar-refractivity contribution in [1.29, 1.82) is 0 Å². The maximum absolute atomic E-state index is 8.27. The third-order valence-corrected chi connectivity index (χ3v) is 0.836. The van der Waals surface area contributed by atoms with Gasteiger partial charge in [0.25, 0.3) is 0 Å². The minimum Gasteiger partial charge on any atom is -0.396 e. The first-order valence-electron chi connectivity index (χ1n) is 1.95. The first kappa shape index (κ1) is 4.09. The van der Waals surface area contributed by atoms with Gasteiger partial charge in [-0.25, -0.2) is 0 Å². The summed E-state index contributed by atoms with van der Waals surface area (Å²) in [5, 5.41) is 8.27. The summed E-state index contributed by atoms with van der Waals surface area (Å²) in [6.07, 6.45) is 0. The Bertz CT molecular complexity index is 38.1. The second-order valence-corrected chi connectivity index (χ2v) is 1.40. The topological polar surface area (TPSA) is 29.5 Å². The van der Waals surface area contributed by atoms with Crippen LogP contribution in [0.4, 0.5) is 0 Å². The maximum Gasteiger partial charge on any atom is 0.0575 e. The molecule has 2 heteroatoms. The molecule has 1 radical (unpaired) electrons. The summed E-state index contributed by atoms with van der Waals surface area (Å²) in [5.41, 5.74) is 0. The molecule has 0 saturated carbocycles. The molecule has 0 amide bonds. The second kappa shape index (κ2) is 1.58. The van der Waals surface area contributed by atoms with Crippen molar-refractivity contribution in [2.75, 3.05) is 19.8 Å². The highest BCUT2D eigenvalue weighted by Crippen LogP contribution is 2.09. The minimum absolute atomic E-state index is 0.208. The van der Waals surface area contributed by atoms with Gasteiger partial charge >= 0.3 is 0 Å². The van der Waals surface area contributed by atoms with E-state index in [1.54, 1.807) is 0 Å². The molecular formula is C4H7O2. The highest BCUT2D eigenvalue weighted by molar-refractivity contribution is 4.95. The monoisotopic (exact) mass is 87.0 g/mol. The Labute approximate surface area is 36.7 Å². The van der Waals surface area contributed by atoms with Gasteiger partial charge in [-0.15, -0.1) is 0 Å². The van der Waals surface area contributed by atoms with Crippen LogP contribution in [0.3, 0.4) is 0 Å². The highest BCUT2D eigenvalue weighted by Gasteiger charge is 2.16. The first-order valence-corrected chi connectivity index (χ1v) is 1.95. The molecule has 0 aromatic rings. The van der Waals surface area contributed by atoms with Crippen molar-refractivity contribution in [2.24, 2.45) is 0 Å². The predicted octanol–water partition coefficient (Wildman–Crippen LogP) is -0.417. The van der Waals surface area contributed by atoms with E-state index in [0.29, 0.717) is 13.2 Å². The van der Waals surface area contributed by atoms with E-state index in [0.717, 1.165) is 5.92 Å². The molecule has 0 unspecified atom stereocenters. The van der Waals surface area contributed by atoms with Crippen molar-refractivity contribution < 1.29 is 9.84 Å². The van der Waals surface area contributed by atoms with Crippen LogP contribution in [0.25, 0.3) is 0 Å². The van der Waals surface area contributed by atoms with Crippen LogP contribution in [0.2, 0.25) is 0 Å². The summed E-state index contributed by atoms with van der Waals surface area (Å²) in [4.78, 5) is 0. The highest BCUT2D eigenvalue weighted by atomic mass is 16.5. The summed E-state index contributed by atoms with van der Waals surface area (Å²) in [6.45, 7) is 1.56. The summed E-state index contributed by atoms with van der Waals surface area (Å²) in [5.74, 6) is 1.11. The maximum atomic E-state index is 8.27. The zero-order valence-electron chi connectivity index (χ0n) is 3.48. The smallest absolute Gasteiger partial charge is 0.0575 e. The van der Waals surface area contributed by atoms with Crippen molar-refractivity contribution in [3.05, 3.63) is 5.92 Å². The molecule has 1 aliphatic heterocycles. The zero-order valence-corrected chi connectivity index (χ0v) is 3.48. The molecule has 1 heterocycles. The van der Waals surface area contributed by atoms with E-state index in [1.807, 2.05) is 0 Å². The standard InChI is InChI=1S/C4H7O2/c5-1-4-2-6-3-4/h5H,1-3H2. The first-order chi connectivity index (χ1) is 2.93. The lowest BCUT2D eigenvalue weighted by atomic mass is 10.1. The Morgan fingerprint density at radius 3 is 2.33 bits per heavy atom. The number of hydrogen-bond acceptors (Lipinski definition) is 2. The van der Waals surface area contributed by atoms with E-state index >= 15 is 0 Å². The number of aliphatic hydroxyl groups excluding tert-OH is 1. The van der Waals surface area contributed by atoms with Crippen LogP contribution in [-0.2, 0) is 4.74 Å². The fourth-order valence-corrected chi connectivity index (χ4v) is 0.338. The molecule has 0 aliphatic carbocycles. The van der Waals surface area contributed by atoms with Gasteiger partial charge in [0.1, 0.15) is 0 Å². The van der Waals surface area contributed by atoms with Gasteiger partial charge in [-0.2, -0.15) is 0 Å². The Kier molecular flexibility index (Phi) is 1.08. The Morgan fingerprint density at radius 1 is 1.67 bits per heavy atom. The third kappa shape index (κ3) is 0.533. The molecule has 6 heavy (non-hydrogen) atoms. The minimum atomic E-state index is 0.208. The average molecular weight is 87.1 g/mol. The molecule has 2 nitrogen and oxygen atoms in total. The van der Waals surface area contributed by atoms with Gasteiger partial charge in [0.2, 0.25) is 0 Å².